The van der Waals surface area contributed by atoms with Gasteiger partial charge in [0.25, 0.3) is 0 Å². The predicted octanol–water partition coefficient (Wildman–Crippen LogP) is 4.65. The lowest BCUT2D eigenvalue weighted by Gasteiger charge is -2.30. The molecule has 3 aromatic rings. The SMILES string of the molecule is CN(/C(=C/C(CCOc1ccccc1)CNCCNC=O)c1ccccc1)N(F)c1ccc2c(c1)NCC2. The summed E-state index contributed by atoms with van der Waals surface area (Å²) in [5.74, 6) is 0.863. The Bertz CT molecular complexity index is 1180. The van der Waals surface area contributed by atoms with Gasteiger partial charge in [-0.05, 0) is 54.2 Å². The van der Waals surface area contributed by atoms with Gasteiger partial charge in [0.2, 0.25) is 6.41 Å². The van der Waals surface area contributed by atoms with Crippen molar-refractivity contribution in [1.82, 2.24) is 15.6 Å². The number of hydrogen-bond donors (Lipinski definition) is 3. The highest BCUT2D eigenvalue weighted by molar-refractivity contribution is 5.68. The van der Waals surface area contributed by atoms with Gasteiger partial charge >= 0.3 is 0 Å². The summed E-state index contributed by atoms with van der Waals surface area (Å²) in [4.78, 5) is 10.6. The Morgan fingerprint density at radius 2 is 1.84 bits per heavy atom. The van der Waals surface area contributed by atoms with Crippen LogP contribution < -0.4 is 25.9 Å². The van der Waals surface area contributed by atoms with Gasteiger partial charge in [-0.25, -0.2) is 0 Å². The fourth-order valence-electron chi connectivity index (χ4n) is 4.48. The molecule has 200 valence electrons. The van der Waals surface area contributed by atoms with E-state index >= 15 is 4.48 Å². The van der Waals surface area contributed by atoms with Gasteiger partial charge < -0.3 is 20.7 Å². The van der Waals surface area contributed by atoms with Crippen molar-refractivity contribution in [1.29, 1.82) is 0 Å². The summed E-state index contributed by atoms with van der Waals surface area (Å²) in [6.45, 7) is 3.21. The molecule has 7 nitrogen and oxygen atoms in total. The lowest BCUT2D eigenvalue weighted by Crippen LogP contribution is -2.34. The first-order chi connectivity index (χ1) is 18.7. The van der Waals surface area contributed by atoms with E-state index in [9.17, 15) is 4.79 Å². The molecule has 1 atom stereocenters. The van der Waals surface area contributed by atoms with Crippen molar-refractivity contribution < 1.29 is 14.0 Å². The predicted molar refractivity (Wildman–Crippen MR) is 151 cm³/mol. The molecule has 0 aliphatic carbocycles. The Labute approximate surface area is 224 Å². The largest absolute Gasteiger partial charge is 0.494 e. The third kappa shape index (κ3) is 7.49. The number of ether oxygens (including phenoxy) is 1. The van der Waals surface area contributed by atoms with E-state index in [1.165, 1.54) is 5.56 Å². The first-order valence-electron chi connectivity index (χ1n) is 13.0. The highest BCUT2D eigenvalue weighted by atomic mass is 19.2. The van der Waals surface area contributed by atoms with Crippen molar-refractivity contribution in [2.45, 2.75) is 12.8 Å². The van der Waals surface area contributed by atoms with Gasteiger partial charge in [-0.1, -0.05) is 65.2 Å². The standard InChI is InChI=1S/C30H36FN5O2/c1-35(36(31)27-13-12-25-14-16-34-29(25)21-27)30(26-8-4-2-5-9-26)20-24(22-32-17-18-33-23-37)15-19-38-28-10-6-3-7-11-28/h2-13,20-21,23-24,32,34H,14-19,22H2,1H3,(H,33,37)/b30-20+. The summed E-state index contributed by atoms with van der Waals surface area (Å²) in [7, 11) is 1.73. The summed E-state index contributed by atoms with van der Waals surface area (Å²) in [6, 6.07) is 25.2. The van der Waals surface area contributed by atoms with E-state index in [2.05, 4.69) is 22.0 Å². The fraction of sp³-hybridized carbons (Fsp3) is 0.300. The number of hydrogen-bond acceptors (Lipinski definition) is 6. The third-order valence-corrected chi connectivity index (χ3v) is 6.53. The molecule has 1 unspecified atom stereocenters. The van der Waals surface area contributed by atoms with E-state index in [-0.39, 0.29) is 5.92 Å². The van der Waals surface area contributed by atoms with Crippen molar-refractivity contribution in [3.8, 4) is 5.75 Å². The Morgan fingerprint density at radius 1 is 1.08 bits per heavy atom. The van der Waals surface area contributed by atoms with E-state index in [1.54, 1.807) is 12.1 Å². The summed E-state index contributed by atoms with van der Waals surface area (Å²) in [5.41, 5.74) is 4.31. The number of anilines is 2. The van der Waals surface area contributed by atoms with Gasteiger partial charge in [-0.2, -0.15) is 0 Å². The maximum atomic E-state index is 15.9. The number of halogens is 1. The number of amides is 1. The molecule has 4 rings (SSSR count). The lowest BCUT2D eigenvalue weighted by molar-refractivity contribution is -0.109. The quantitative estimate of drug-likeness (QED) is 0.118. The molecule has 8 heteroatoms. The van der Waals surface area contributed by atoms with Crippen LogP contribution >= 0.6 is 0 Å². The highest BCUT2D eigenvalue weighted by Gasteiger charge is 2.21. The second kappa shape index (κ2) is 14.0. The zero-order valence-corrected chi connectivity index (χ0v) is 21.8. The Hall–Kier alpha value is -4.04. The average molecular weight is 518 g/mol. The zero-order chi connectivity index (χ0) is 26.6. The molecular formula is C30H36FN5O2. The number of nitrogens with one attached hydrogen (secondary N) is 3. The number of carbonyl (C=O) groups is 1. The molecule has 1 amide bonds. The first kappa shape index (κ1) is 27.0. The number of hydrazine groups is 1. The summed E-state index contributed by atoms with van der Waals surface area (Å²) in [5, 5.41) is 11.6. The Kier molecular flexibility index (Phi) is 9.98. The summed E-state index contributed by atoms with van der Waals surface area (Å²) >= 11 is 0. The van der Waals surface area contributed by atoms with Gasteiger partial charge in [-0.3, -0.25) is 9.80 Å². The summed E-state index contributed by atoms with van der Waals surface area (Å²) in [6.07, 6.45) is 4.47. The van der Waals surface area contributed by atoms with E-state index in [4.69, 9.17) is 4.74 Å². The molecule has 0 fully saturated rings. The van der Waals surface area contributed by atoms with Gasteiger partial charge in [0.15, 0.2) is 0 Å². The Morgan fingerprint density at radius 3 is 2.61 bits per heavy atom. The molecule has 1 aliphatic heterocycles. The van der Waals surface area contributed by atoms with Crippen LogP contribution in [0.3, 0.4) is 0 Å². The first-order valence-corrected chi connectivity index (χ1v) is 13.0. The average Bonchev–Trinajstić information content (AvgIpc) is 3.44. The third-order valence-electron chi connectivity index (χ3n) is 6.53. The molecule has 3 N–H and O–H groups in total. The van der Waals surface area contributed by atoms with Crippen LogP contribution in [0.5, 0.6) is 5.75 Å². The van der Waals surface area contributed by atoms with E-state index in [1.807, 2.05) is 78.9 Å². The van der Waals surface area contributed by atoms with E-state index < -0.39 is 0 Å². The molecule has 0 aromatic heterocycles. The summed E-state index contributed by atoms with van der Waals surface area (Å²) < 4.78 is 21.8. The van der Waals surface area contributed by atoms with Crippen LogP contribution in [-0.2, 0) is 11.2 Å². The molecule has 0 saturated heterocycles. The smallest absolute Gasteiger partial charge is 0.207 e. The monoisotopic (exact) mass is 517 g/mol. The van der Waals surface area contributed by atoms with Gasteiger partial charge in [-0.15, -0.1) is 5.23 Å². The van der Waals surface area contributed by atoms with Gasteiger partial charge in [0.05, 0.1) is 18.0 Å². The number of para-hydroxylation sites is 1. The molecule has 0 bridgehead atoms. The van der Waals surface area contributed by atoms with Crippen LogP contribution in [0, 0.1) is 5.92 Å². The van der Waals surface area contributed by atoms with Crippen LogP contribution in [-0.4, -0.2) is 51.3 Å². The second-order valence-corrected chi connectivity index (χ2v) is 9.21. The topological polar surface area (TPSA) is 68.9 Å². The minimum absolute atomic E-state index is 0.0442. The van der Waals surface area contributed by atoms with E-state index in [0.29, 0.717) is 43.6 Å². The highest BCUT2D eigenvalue weighted by Crippen LogP contribution is 2.31. The molecular weight excluding hydrogens is 481 g/mol. The van der Waals surface area contributed by atoms with Crippen LogP contribution in [0.1, 0.15) is 17.5 Å². The molecule has 1 aliphatic rings. The normalized spacial score (nSPS) is 13.3. The fourth-order valence-corrected chi connectivity index (χ4v) is 4.48. The van der Waals surface area contributed by atoms with Crippen molar-refractivity contribution in [2.24, 2.45) is 5.92 Å². The molecule has 0 saturated carbocycles. The molecule has 0 spiro atoms. The maximum absolute atomic E-state index is 15.9. The van der Waals surface area contributed by atoms with Crippen LogP contribution in [0.2, 0.25) is 0 Å². The number of fused-ring (bicyclic) bond motifs is 1. The minimum atomic E-state index is 0.0442. The van der Waals surface area contributed by atoms with Crippen molar-refractivity contribution in [3.63, 3.8) is 0 Å². The molecule has 0 radical (unpaired) electrons. The zero-order valence-electron chi connectivity index (χ0n) is 21.8. The van der Waals surface area contributed by atoms with Crippen molar-refractivity contribution >= 4 is 23.5 Å². The number of nitrogens with zero attached hydrogens (tertiary/aromatic N) is 2. The maximum Gasteiger partial charge on any atom is 0.207 e. The van der Waals surface area contributed by atoms with Crippen LogP contribution in [0.15, 0.2) is 84.9 Å². The minimum Gasteiger partial charge on any atom is -0.494 e. The number of carbonyl (C=O) groups excluding carboxylic acids is 1. The van der Waals surface area contributed by atoms with Crippen molar-refractivity contribution in [2.75, 3.05) is 50.4 Å². The Balaban J connectivity index is 1.55. The van der Waals surface area contributed by atoms with Gasteiger partial charge in [0.1, 0.15) is 5.75 Å². The molecule has 3 aromatic carbocycles. The molecule has 1 heterocycles. The number of benzene rings is 3. The molecule has 38 heavy (non-hydrogen) atoms. The second-order valence-electron chi connectivity index (χ2n) is 9.21. The van der Waals surface area contributed by atoms with Crippen LogP contribution in [0.25, 0.3) is 5.70 Å². The van der Waals surface area contributed by atoms with Gasteiger partial charge in [0, 0.05) is 38.9 Å². The van der Waals surface area contributed by atoms with E-state index in [0.717, 1.165) is 42.1 Å². The number of rotatable bonds is 15. The van der Waals surface area contributed by atoms with Crippen molar-refractivity contribution in [3.05, 3.63) is 96.1 Å². The van der Waals surface area contributed by atoms with Crippen LogP contribution in [0.4, 0.5) is 15.9 Å². The lowest BCUT2D eigenvalue weighted by atomic mass is 10.0.